The van der Waals surface area contributed by atoms with Crippen LogP contribution in [0, 0.1) is 13.8 Å². The van der Waals surface area contributed by atoms with E-state index in [2.05, 4.69) is 5.32 Å². The molecule has 0 radical (unpaired) electrons. The molecule has 1 atom stereocenters. The van der Waals surface area contributed by atoms with Crippen molar-refractivity contribution < 1.29 is 22.7 Å². The van der Waals surface area contributed by atoms with E-state index in [4.69, 9.17) is 4.74 Å². The van der Waals surface area contributed by atoms with Crippen molar-refractivity contribution in [1.82, 2.24) is 10.2 Å². The molecule has 8 nitrogen and oxygen atoms in total. The van der Waals surface area contributed by atoms with Crippen LogP contribution in [-0.2, 0) is 26.2 Å². The molecule has 3 rings (SSSR count). The standard InChI is InChI=1S/C31H39N3O5S/c1-6-18-32-31(36)28(7-2)33(21-25-12-11-13-26(20-25)39-5)30(35)22-34(29-19-23(3)16-17-24(29)4)40(37,38)27-14-9-8-10-15-27/h8-17,19-20,28H,6-7,18,21-22H2,1-5H3,(H,32,36)/t28-/m1/s1. The number of nitrogens with one attached hydrogen (secondary N) is 1. The Balaban J connectivity index is 2.09. The second-order valence-electron chi connectivity index (χ2n) is 9.70. The highest BCUT2D eigenvalue weighted by molar-refractivity contribution is 7.92. The van der Waals surface area contributed by atoms with Crippen LogP contribution in [0.15, 0.2) is 77.7 Å². The highest BCUT2D eigenvalue weighted by Crippen LogP contribution is 2.29. The van der Waals surface area contributed by atoms with Crippen LogP contribution >= 0.6 is 0 Å². The third kappa shape index (κ3) is 7.41. The number of rotatable bonds is 13. The molecule has 0 aliphatic carbocycles. The van der Waals surface area contributed by atoms with E-state index in [1.807, 2.05) is 52.0 Å². The minimum absolute atomic E-state index is 0.0794. The molecule has 0 unspecified atom stereocenters. The zero-order chi connectivity index (χ0) is 29.3. The minimum Gasteiger partial charge on any atom is -0.497 e. The van der Waals surface area contributed by atoms with E-state index in [0.717, 1.165) is 21.9 Å². The first-order valence-electron chi connectivity index (χ1n) is 13.5. The van der Waals surface area contributed by atoms with Crippen molar-refractivity contribution in [3.63, 3.8) is 0 Å². The quantitative estimate of drug-likeness (QED) is 0.320. The summed E-state index contributed by atoms with van der Waals surface area (Å²) >= 11 is 0. The summed E-state index contributed by atoms with van der Waals surface area (Å²) in [6, 6.07) is 20.0. The minimum atomic E-state index is -4.11. The number of ether oxygens (including phenoxy) is 1. The Kier molecular flexibility index (Phi) is 10.7. The van der Waals surface area contributed by atoms with Gasteiger partial charge in [-0.25, -0.2) is 8.42 Å². The Labute approximate surface area is 238 Å². The van der Waals surface area contributed by atoms with Crippen molar-refractivity contribution in [2.45, 2.75) is 58.0 Å². The van der Waals surface area contributed by atoms with Crippen molar-refractivity contribution in [2.24, 2.45) is 0 Å². The van der Waals surface area contributed by atoms with Gasteiger partial charge in [0.05, 0.1) is 17.7 Å². The van der Waals surface area contributed by atoms with Gasteiger partial charge in [0.2, 0.25) is 11.8 Å². The van der Waals surface area contributed by atoms with Crippen LogP contribution in [0.1, 0.15) is 43.4 Å². The molecule has 0 saturated heterocycles. The third-order valence-electron chi connectivity index (χ3n) is 6.67. The van der Waals surface area contributed by atoms with Crippen molar-refractivity contribution in [2.75, 3.05) is 24.5 Å². The van der Waals surface area contributed by atoms with Gasteiger partial charge in [-0.3, -0.25) is 13.9 Å². The number of aryl methyl sites for hydroxylation is 2. The van der Waals surface area contributed by atoms with E-state index < -0.39 is 28.5 Å². The van der Waals surface area contributed by atoms with Gasteiger partial charge < -0.3 is 15.0 Å². The molecule has 3 aromatic rings. The number of anilines is 1. The Morgan fingerprint density at radius 2 is 1.68 bits per heavy atom. The lowest BCUT2D eigenvalue weighted by molar-refractivity contribution is -0.140. The maximum absolute atomic E-state index is 14.1. The Hall–Kier alpha value is -3.85. The van der Waals surface area contributed by atoms with Crippen LogP contribution in [0.3, 0.4) is 0 Å². The van der Waals surface area contributed by atoms with E-state index in [1.165, 1.54) is 17.0 Å². The van der Waals surface area contributed by atoms with E-state index >= 15 is 0 Å². The molecule has 1 N–H and O–H groups in total. The van der Waals surface area contributed by atoms with Gasteiger partial charge in [-0.15, -0.1) is 0 Å². The highest BCUT2D eigenvalue weighted by atomic mass is 32.2. The van der Waals surface area contributed by atoms with Gasteiger partial charge in [-0.2, -0.15) is 0 Å². The molecule has 0 aliphatic heterocycles. The number of nitrogens with zero attached hydrogens (tertiary/aromatic N) is 2. The van der Waals surface area contributed by atoms with Crippen LogP contribution in [0.5, 0.6) is 5.75 Å². The van der Waals surface area contributed by atoms with Gasteiger partial charge in [-0.1, -0.05) is 56.3 Å². The Bertz CT molecular complexity index is 1410. The lowest BCUT2D eigenvalue weighted by Crippen LogP contribution is -2.52. The molecule has 40 heavy (non-hydrogen) atoms. The monoisotopic (exact) mass is 565 g/mol. The van der Waals surface area contributed by atoms with Gasteiger partial charge in [0.1, 0.15) is 18.3 Å². The summed E-state index contributed by atoms with van der Waals surface area (Å²) in [6.45, 7) is 7.60. The summed E-state index contributed by atoms with van der Waals surface area (Å²) in [4.78, 5) is 28.9. The Morgan fingerprint density at radius 1 is 0.950 bits per heavy atom. The second-order valence-corrected chi connectivity index (χ2v) is 11.6. The fraction of sp³-hybridized carbons (Fsp3) is 0.355. The molecule has 0 spiro atoms. The number of sulfonamides is 1. The van der Waals surface area contributed by atoms with E-state index in [-0.39, 0.29) is 17.3 Å². The van der Waals surface area contributed by atoms with E-state index in [0.29, 0.717) is 30.0 Å². The van der Waals surface area contributed by atoms with E-state index in [1.54, 1.807) is 43.5 Å². The maximum atomic E-state index is 14.1. The smallest absolute Gasteiger partial charge is 0.264 e. The summed E-state index contributed by atoms with van der Waals surface area (Å²) in [6.07, 6.45) is 1.11. The molecular formula is C31H39N3O5S. The summed E-state index contributed by atoms with van der Waals surface area (Å²) in [5.74, 6) is -0.136. The molecule has 0 bridgehead atoms. The molecule has 214 valence electrons. The zero-order valence-electron chi connectivity index (χ0n) is 23.9. The van der Waals surface area contributed by atoms with Crippen LogP contribution < -0.4 is 14.4 Å². The SMILES string of the molecule is CCCNC(=O)[C@@H](CC)N(Cc1cccc(OC)c1)C(=O)CN(c1cc(C)ccc1C)S(=O)(=O)c1ccccc1. The predicted molar refractivity (Wildman–Crippen MR) is 158 cm³/mol. The molecule has 0 aromatic heterocycles. The van der Waals surface area contributed by atoms with Crippen molar-refractivity contribution in [3.8, 4) is 5.75 Å². The zero-order valence-corrected chi connectivity index (χ0v) is 24.7. The summed E-state index contributed by atoms with van der Waals surface area (Å²) in [5, 5.41) is 2.90. The van der Waals surface area contributed by atoms with Gasteiger partial charge >= 0.3 is 0 Å². The summed E-state index contributed by atoms with van der Waals surface area (Å²) < 4.78 is 34.4. The lowest BCUT2D eigenvalue weighted by Gasteiger charge is -2.33. The number of amides is 2. The maximum Gasteiger partial charge on any atom is 0.264 e. The first kappa shape index (κ1) is 30.7. The number of benzene rings is 3. The second kappa shape index (κ2) is 14.0. The Morgan fingerprint density at radius 3 is 2.33 bits per heavy atom. The van der Waals surface area contributed by atoms with Crippen molar-refractivity contribution in [3.05, 3.63) is 89.5 Å². The third-order valence-corrected chi connectivity index (χ3v) is 8.44. The average molecular weight is 566 g/mol. The largest absolute Gasteiger partial charge is 0.497 e. The topological polar surface area (TPSA) is 96.0 Å². The molecule has 0 heterocycles. The number of hydrogen-bond acceptors (Lipinski definition) is 5. The summed E-state index contributed by atoms with van der Waals surface area (Å²) in [7, 11) is -2.55. The normalized spacial score (nSPS) is 11.9. The predicted octanol–water partition coefficient (Wildman–Crippen LogP) is 4.84. The number of hydrogen-bond donors (Lipinski definition) is 1. The molecule has 0 saturated carbocycles. The average Bonchev–Trinajstić information content (AvgIpc) is 2.96. The van der Waals surface area contributed by atoms with Gasteiger partial charge in [0.15, 0.2) is 0 Å². The first-order chi connectivity index (χ1) is 19.1. The van der Waals surface area contributed by atoms with Crippen LogP contribution in [0.25, 0.3) is 0 Å². The number of methoxy groups -OCH3 is 1. The number of carbonyl (C=O) groups excluding carboxylic acids is 2. The molecular weight excluding hydrogens is 526 g/mol. The van der Waals surface area contributed by atoms with Crippen molar-refractivity contribution >= 4 is 27.5 Å². The molecule has 9 heteroatoms. The van der Waals surface area contributed by atoms with Crippen LogP contribution in [-0.4, -0.2) is 51.4 Å². The van der Waals surface area contributed by atoms with Crippen LogP contribution in [0.2, 0.25) is 0 Å². The van der Waals surface area contributed by atoms with Gasteiger partial charge in [0, 0.05) is 13.1 Å². The van der Waals surface area contributed by atoms with Gasteiger partial charge in [-0.05, 0) is 73.7 Å². The first-order valence-corrected chi connectivity index (χ1v) is 14.9. The molecule has 0 aliphatic rings. The van der Waals surface area contributed by atoms with E-state index in [9.17, 15) is 18.0 Å². The summed E-state index contributed by atoms with van der Waals surface area (Å²) in [5.41, 5.74) is 2.76. The molecule has 3 aromatic carbocycles. The van der Waals surface area contributed by atoms with Crippen LogP contribution in [0.4, 0.5) is 5.69 Å². The van der Waals surface area contributed by atoms with Gasteiger partial charge in [0.25, 0.3) is 10.0 Å². The fourth-order valence-corrected chi connectivity index (χ4v) is 5.97. The number of carbonyl (C=O) groups is 2. The molecule has 0 fully saturated rings. The lowest BCUT2D eigenvalue weighted by atomic mass is 10.1. The molecule has 2 amide bonds. The fourth-order valence-electron chi connectivity index (χ4n) is 4.47. The van der Waals surface area contributed by atoms with Crippen molar-refractivity contribution in [1.29, 1.82) is 0 Å². The highest BCUT2D eigenvalue weighted by Gasteiger charge is 2.34.